The van der Waals surface area contributed by atoms with Crippen molar-refractivity contribution in [1.29, 1.82) is 0 Å². The lowest BCUT2D eigenvalue weighted by molar-refractivity contribution is -0.136. The lowest BCUT2D eigenvalue weighted by Crippen LogP contribution is -2.26. The van der Waals surface area contributed by atoms with Crippen LogP contribution in [0.2, 0.25) is 0 Å². The number of anilines is 2. The highest BCUT2D eigenvalue weighted by Gasteiger charge is 2.24. The van der Waals surface area contributed by atoms with E-state index in [9.17, 15) is 14.7 Å². The van der Waals surface area contributed by atoms with E-state index < -0.39 is 5.97 Å². The van der Waals surface area contributed by atoms with Gasteiger partial charge in [-0.1, -0.05) is 18.2 Å². The third-order valence-corrected chi connectivity index (χ3v) is 4.67. The maximum absolute atomic E-state index is 13.3. The number of benzene rings is 2. The molecule has 0 aliphatic heterocycles. The highest BCUT2D eigenvalue weighted by atomic mass is 32.1. The van der Waals surface area contributed by atoms with Crippen molar-refractivity contribution in [3.63, 3.8) is 0 Å². The Kier molecular flexibility index (Phi) is 6.13. The molecule has 29 heavy (non-hydrogen) atoms. The van der Waals surface area contributed by atoms with Crippen LogP contribution in [-0.2, 0) is 11.2 Å². The van der Waals surface area contributed by atoms with Crippen LogP contribution >= 0.6 is 11.3 Å². The van der Waals surface area contributed by atoms with Gasteiger partial charge in [-0.2, -0.15) is 0 Å². The number of rotatable bonds is 7. The quantitative estimate of drug-likeness (QED) is 0.602. The van der Waals surface area contributed by atoms with E-state index in [4.69, 9.17) is 9.84 Å². The number of aliphatic carboxylic acids is 1. The molecule has 0 fully saturated rings. The van der Waals surface area contributed by atoms with Crippen LogP contribution in [0.1, 0.15) is 29.9 Å². The molecule has 7 nitrogen and oxygen atoms in total. The number of phenols is 1. The van der Waals surface area contributed by atoms with E-state index in [1.165, 1.54) is 17.0 Å². The van der Waals surface area contributed by atoms with Gasteiger partial charge in [0.15, 0.2) is 5.13 Å². The fraction of sp³-hybridized carbons (Fsp3) is 0.190. The molecule has 1 heterocycles. The van der Waals surface area contributed by atoms with Crippen molar-refractivity contribution in [3.05, 3.63) is 65.2 Å². The van der Waals surface area contributed by atoms with E-state index in [1.54, 1.807) is 41.8 Å². The summed E-state index contributed by atoms with van der Waals surface area (Å²) in [7, 11) is 0. The Morgan fingerprint density at radius 2 is 1.90 bits per heavy atom. The molecule has 0 atom stereocenters. The van der Waals surface area contributed by atoms with Crippen molar-refractivity contribution in [1.82, 2.24) is 4.98 Å². The van der Waals surface area contributed by atoms with Crippen LogP contribution in [-0.4, -0.2) is 33.2 Å². The van der Waals surface area contributed by atoms with Crippen molar-refractivity contribution in [2.24, 2.45) is 0 Å². The van der Waals surface area contributed by atoms with Gasteiger partial charge in [0.2, 0.25) is 0 Å². The van der Waals surface area contributed by atoms with Crippen LogP contribution in [0, 0.1) is 0 Å². The van der Waals surface area contributed by atoms with E-state index in [0.717, 1.165) is 11.3 Å². The molecule has 0 spiro atoms. The Labute approximate surface area is 171 Å². The molecule has 0 radical (unpaired) electrons. The molecule has 2 aromatic carbocycles. The fourth-order valence-corrected chi connectivity index (χ4v) is 3.54. The number of hydrogen-bond acceptors (Lipinski definition) is 6. The fourth-order valence-electron chi connectivity index (χ4n) is 2.70. The van der Waals surface area contributed by atoms with Crippen molar-refractivity contribution in [2.45, 2.75) is 26.4 Å². The Bertz CT molecular complexity index is 1020. The SMILES string of the molecule is CC(C)Oc1cc(O)cc(N(C(=O)c2ccccc2)c2nc(CC(=O)O)cs2)c1. The summed E-state index contributed by atoms with van der Waals surface area (Å²) >= 11 is 1.15. The third kappa shape index (κ3) is 5.11. The van der Waals surface area contributed by atoms with Gasteiger partial charge in [0.1, 0.15) is 11.5 Å². The van der Waals surface area contributed by atoms with Crippen molar-refractivity contribution >= 4 is 34.0 Å². The normalized spacial score (nSPS) is 10.7. The first kappa shape index (κ1) is 20.3. The number of carboxylic acids is 1. The van der Waals surface area contributed by atoms with Gasteiger partial charge < -0.3 is 14.9 Å². The van der Waals surface area contributed by atoms with Gasteiger partial charge in [-0.3, -0.25) is 14.5 Å². The predicted molar refractivity (Wildman–Crippen MR) is 110 cm³/mol. The molecule has 0 aliphatic rings. The largest absolute Gasteiger partial charge is 0.508 e. The summed E-state index contributed by atoms with van der Waals surface area (Å²) in [5.74, 6) is -1.02. The average molecular weight is 412 g/mol. The first-order valence-electron chi connectivity index (χ1n) is 8.90. The van der Waals surface area contributed by atoms with Crippen molar-refractivity contribution in [2.75, 3.05) is 4.90 Å². The second-order valence-electron chi connectivity index (χ2n) is 6.55. The first-order valence-corrected chi connectivity index (χ1v) is 9.78. The van der Waals surface area contributed by atoms with Gasteiger partial charge in [-0.25, -0.2) is 4.98 Å². The first-order chi connectivity index (χ1) is 13.8. The molecule has 0 saturated heterocycles. The lowest BCUT2D eigenvalue weighted by Gasteiger charge is -2.21. The van der Waals surface area contributed by atoms with Crippen LogP contribution in [0.4, 0.5) is 10.8 Å². The molecule has 0 bridgehead atoms. The van der Waals surface area contributed by atoms with E-state index in [1.807, 2.05) is 13.8 Å². The van der Waals surface area contributed by atoms with E-state index >= 15 is 0 Å². The number of aromatic nitrogens is 1. The Morgan fingerprint density at radius 1 is 1.17 bits per heavy atom. The Morgan fingerprint density at radius 3 is 2.55 bits per heavy atom. The summed E-state index contributed by atoms with van der Waals surface area (Å²) in [4.78, 5) is 29.9. The number of carbonyl (C=O) groups is 2. The number of aromatic hydroxyl groups is 1. The molecule has 1 aromatic heterocycles. The molecular weight excluding hydrogens is 392 g/mol. The molecule has 3 aromatic rings. The smallest absolute Gasteiger partial charge is 0.309 e. The minimum Gasteiger partial charge on any atom is -0.508 e. The minimum atomic E-state index is -1.01. The second kappa shape index (κ2) is 8.74. The Hall–Kier alpha value is -3.39. The zero-order valence-corrected chi connectivity index (χ0v) is 16.7. The molecule has 1 amide bonds. The number of hydrogen-bond donors (Lipinski definition) is 2. The summed E-state index contributed by atoms with van der Waals surface area (Å²) in [6.45, 7) is 3.71. The van der Waals surface area contributed by atoms with Crippen molar-refractivity contribution < 1.29 is 24.5 Å². The molecule has 2 N–H and O–H groups in total. The predicted octanol–water partition coefficient (Wildman–Crippen LogP) is 4.24. The molecule has 0 saturated carbocycles. The molecule has 8 heteroatoms. The highest BCUT2D eigenvalue weighted by Crippen LogP contribution is 2.35. The van der Waals surface area contributed by atoms with Crippen LogP contribution in [0.3, 0.4) is 0 Å². The molecule has 0 unspecified atom stereocenters. The number of thiazole rings is 1. The minimum absolute atomic E-state index is 0.0636. The molecule has 0 aliphatic carbocycles. The van der Waals surface area contributed by atoms with Gasteiger partial charge in [-0.15, -0.1) is 11.3 Å². The summed E-state index contributed by atoms with van der Waals surface area (Å²) < 4.78 is 5.67. The average Bonchev–Trinajstić information content (AvgIpc) is 3.08. The summed E-state index contributed by atoms with van der Waals surface area (Å²) in [6, 6.07) is 13.2. The molecule has 3 rings (SSSR count). The number of carboxylic acid groups (broad SMARTS) is 1. The van der Waals surface area contributed by atoms with Gasteiger partial charge in [0.05, 0.1) is 23.9 Å². The maximum Gasteiger partial charge on any atom is 0.309 e. The van der Waals surface area contributed by atoms with Crippen LogP contribution < -0.4 is 9.64 Å². The molecule has 150 valence electrons. The zero-order valence-electron chi connectivity index (χ0n) is 15.9. The van der Waals surface area contributed by atoms with Crippen LogP contribution in [0.5, 0.6) is 11.5 Å². The third-order valence-electron chi connectivity index (χ3n) is 3.79. The van der Waals surface area contributed by atoms with Gasteiger partial charge in [-0.05, 0) is 26.0 Å². The number of carbonyl (C=O) groups excluding carboxylic acids is 1. The highest BCUT2D eigenvalue weighted by molar-refractivity contribution is 7.14. The monoisotopic (exact) mass is 412 g/mol. The van der Waals surface area contributed by atoms with Crippen LogP contribution in [0.25, 0.3) is 0 Å². The number of ether oxygens (including phenoxy) is 1. The summed E-state index contributed by atoms with van der Waals surface area (Å²) in [5.41, 5.74) is 1.14. The standard InChI is InChI=1S/C21H20N2O5S/c1-13(2)28-18-10-16(9-17(24)11-18)23(20(27)14-6-4-3-5-7-14)21-22-15(12-29-21)8-19(25)26/h3-7,9-13,24H,8H2,1-2H3,(H,25,26). The van der Waals surface area contributed by atoms with E-state index in [2.05, 4.69) is 4.98 Å². The number of nitrogens with zero attached hydrogens (tertiary/aromatic N) is 2. The topological polar surface area (TPSA) is 100.0 Å². The van der Waals surface area contributed by atoms with Crippen molar-refractivity contribution in [3.8, 4) is 11.5 Å². The molecular formula is C21H20N2O5S. The lowest BCUT2D eigenvalue weighted by atomic mass is 10.2. The summed E-state index contributed by atoms with van der Waals surface area (Å²) in [5, 5.41) is 21.1. The zero-order chi connectivity index (χ0) is 21.0. The van der Waals surface area contributed by atoms with Gasteiger partial charge >= 0.3 is 5.97 Å². The van der Waals surface area contributed by atoms with Gasteiger partial charge in [0, 0.05) is 29.1 Å². The maximum atomic E-state index is 13.3. The van der Waals surface area contributed by atoms with E-state index in [0.29, 0.717) is 27.8 Å². The van der Waals surface area contributed by atoms with Gasteiger partial charge in [0.25, 0.3) is 5.91 Å². The van der Waals surface area contributed by atoms with E-state index in [-0.39, 0.29) is 24.2 Å². The van der Waals surface area contributed by atoms with Crippen LogP contribution in [0.15, 0.2) is 53.9 Å². The number of amides is 1. The number of phenolic OH excluding ortho intramolecular Hbond substituents is 1. The summed E-state index contributed by atoms with van der Waals surface area (Å²) in [6.07, 6.45) is -0.365. The Balaban J connectivity index is 2.08. The second-order valence-corrected chi connectivity index (χ2v) is 7.39.